The lowest BCUT2D eigenvalue weighted by Gasteiger charge is -2.26. The number of thiophene rings is 1. The van der Waals surface area contributed by atoms with Crippen LogP contribution in [0.15, 0.2) is 115 Å². The van der Waals surface area contributed by atoms with Gasteiger partial charge in [-0.3, -0.25) is 0 Å². The molecule has 1 aromatic heterocycles. The molecule has 7 rings (SSSR count). The number of rotatable bonds is 2. The van der Waals surface area contributed by atoms with Gasteiger partial charge in [0.25, 0.3) is 0 Å². The molecule has 0 aliphatic carbocycles. The molecular formula is C30H19NOS. The number of anilines is 3. The molecule has 2 nitrogen and oxygen atoms in total. The maximum atomic E-state index is 6.41. The van der Waals surface area contributed by atoms with Crippen molar-refractivity contribution in [2.45, 2.75) is 0 Å². The Kier molecular flexibility index (Phi) is 4.05. The van der Waals surface area contributed by atoms with Crippen molar-refractivity contribution < 1.29 is 4.74 Å². The molecule has 0 atom stereocenters. The quantitative estimate of drug-likeness (QED) is 0.265. The highest BCUT2D eigenvalue weighted by Crippen LogP contribution is 2.49. The molecular weight excluding hydrogens is 422 g/mol. The Hall–Kier alpha value is -4.08. The average molecular weight is 442 g/mol. The predicted octanol–water partition coefficient (Wildman–Crippen LogP) is 9.30. The van der Waals surface area contributed by atoms with E-state index in [0.717, 1.165) is 22.9 Å². The van der Waals surface area contributed by atoms with Crippen LogP contribution < -0.4 is 9.64 Å². The first-order chi connectivity index (χ1) is 16.3. The number of ether oxygens (including phenoxy) is 1. The fourth-order valence-electron chi connectivity index (χ4n) is 4.76. The van der Waals surface area contributed by atoms with Crippen molar-refractivity contribution in [3.05, 3.63) is 115 Å². The molecule has 0 radical (unpaired) electrons. The number of benzene rings is 5. The summed E-state index contributed by atoms with van der Waals surface area (Å²) in [6.45, 7) is 0. The normalized spacial score (nSPS) is 12.4. The molecule has 33 heavy (non-hydrogen) atoms. The third kappa shape index (κ3) is 2.94. The maximum Gasteiger partial charge on any atom is 0.136 e. The van der Waals surface area contributed by atoms with E-state index in [1.165, 1.54) is 37.0 Å². The van der Waals surface area contributed by atoms with Crippen molar-refractivity contribution in [3.8, 4) is 22.6 Å². The van der Waals surface area contributed by atoms with Gasteiger partial charge in [0.05, 0.1) is 5.69 Å². The van der Waals surface area contributed by atoms with Gasteiger partial charge in [0.15, 0.2) is 0 Å². The van der Waals surface area contributed by atoms with E-state index in [4.69, 9.17) is 4.74 Å². The lowest BCUT2D eigenvalue weighted by Crippen LogP contribution is -2.10. The smallest absolute Gasteiger partial charge is 0.136 e. The number of hydrogen-bond donors (Lipinski definition) is 0. The molecule has 2 heterocycles. The molecule has 0 N–H and O–H groups in total. The summed E-state index contributed by atoms with van der Waals surface area (Å²) in [6.07, 6.45) is 0. The summed E-state index contributed by atoms with van der Waals surface area (Å²) in [5, 5.41) is 2.42. The van der Waals surface area contributed by atoms with Crippen LogP contribution in [0.3, 0.4) is 0 Å². The molecule has 0 saturated carbocycles. The molecule has 2 bridgehead atoms. The standard InChI is InChI=1S/C30H19NOS/c1-2-7-20(8-3-1)21-15-17-22(18-16-21)31-23-9-4-10-24(19-23)32-26-12-6-14-28-30(26)29-25(31)11-5-13-27(29)33-28/h1-19H. The van der Waals surface area contributed by atoms with E-state index in [0.29, 0.717) is 0 Å². The van der Waals surface area contributed by atoms with Gasteiger partial charge in [-0.15, -0.1) is 11.3 Å². The average Bonchev–Trinajstić information content (AvgIpc) is 3.27. The number of nitrogens with zero attached hydrogens (tertiary/aromatic N) is 1. The molecule has 156 valence electrons. The highest BCUT2D eigenvalue weighted by molar-refractivity contribution is 7.26. The van der Waals surface area contributed by atoms with Gasteiger partial charge >= 0.3 is 0 Å². The van der Waals surface area contributed by atoms with Crippen LogP contribution >= 0.6 is 11.3 Å². The van der Waals surface area contributed by atoms with Crippen molar-refractivity contribution in [2.24, 2.45) is 0 Å². The van der Waals surface area contributed by atoms with Crippen molar-refractivity contribution in [3.63, 3.8) is 0 Å². The van der Waals surface area contributed by atoms with E-state index in [1.54, 1.807) is 0 Å². The van der Waals surface area contributed by atoms with Crippen LogP contribution in [-0.4, -0.2) is 0 Å². The van der Waals surface area contributed by atoms with Crippen molar-refractivity contribution >= 4 is 48.6 Å². The molecule has 1 aliphatic heterocycles. The van der Waals surface area contributed by atoms with Crippen molar-refractivity contribution in [2.75, 3.05) is 4.90 Å². The minimum absolute atomic E-state index is 0.845. The lowest BCUT2D eigenvalue weighted by atomic mass is 10.0. The van der Waals surface area contributed by atoms with Crippen molar-refractivity contribution in [1.29, 1.82) is 0 Å². The summed E-state index contributed by atoms with van der Waals surface area (Å²) in [4.78, 5) is 2.35. The van der Waals surface area contributed by atoms with Gasteiger partial charge < -0.3 is 9.64 Å². The van der Waals surface area contributed by atoms with E-state index < -0.39 is 0 Å². The Bertz CT molecular complexity index is 1630. The Labute approximate surface area is 195 Å². The van der Waals surface area contributed by atoms with Gasteiger partial charge in [-0.05, 0) is 59.7 Å². The second kappa shape index (κ2) is 7.22. The summed E-state index contributed by atoms with van der Waals surface area (Å²) in [5.41, 5.74) is 5.81. The van der Waals surface area contributed by atoms with E-state index in [9.17, 15) is 0 Å². The summed E-state index contributed by atoms with van der Waals surface area (Å²) < 4.78 is 8.92. The van der Waals surface area contributed by atoms with Crippen LogP contribution in [0.5, 0.6) is 11.5 Å². The van der Waals surface area contributed by atoms with Gasteiger partial charge in [-0.1, -0.05) is 60.7 Å². The third-order valence-corrected chi connectivity index (χ3v) is 7.36. The third-order valence-electron chi connectivity index (χ3n) is 6.24. The molecule has 0 spiro atoms. The number of fused-ring (bicyclic) bond motifs is 2. The van der Waals surface area contributed by atoms with Crippen LogP contribution in [0.4, 0.5) is 17.1 Å². The zero-order valence-corrected chi connectivity index (χ0v) is 18.5. The van der Waals surface area contributed by atoms with Gasteiger partial charge in [0.2, 0.25) is 0 Å². The molecule has 3 heteroatoms. The zero-order chi connectivity index (χ0) is 21.8. The van der Waals surface area contributed by atoms with Crippen LogP contribution in [-0.2, 0) is 0 Å². The molecule has 0 amide bonds. The molecule has 1 aliphatic rings. The zero-order valence-electron chi connectivity index (χ0n) is 17.7. The lowest BCUT2D eigenvalue weighted by molar-refractivity contribution is 0.489. The van der Waals surface area contributed by atoms with Crippen LogP contribution in [0.1, 0.15) is 0 Å². The van der Waals surface area contributed by atoms with E-state index >= 15 is 0 Å². The molecule has 0 fully saturated rings. The van der Waals surface area contributed by atoms with Gasteiger partial charge in [0.1, 0.15) is 11.5 Å². The largest absolute Gasteiger partial charge is 0.457 e. The Morgan fingerprint density at radius 2 is 1.27 bits per heavy atom. The maximum absolute atomic E-state index is 6.41. The van der Waals surface area contributed by atoms with Crippen LogP contribution in [0.2, 0.25) is 0 Å². The van der Waals surface area contributed by atoms with E-state index in [1.807, 2.05) is 17.4 Å². The summed E-state index contributed by atoms with van der Waals surface area (Å²) in [7, 11) is 0. The fourth-order valence-corrected chi connectivity index (χ4v) is 5.91. The van der Waals surface area contributed by atoms with Gasteiger partial charge in [-0.2, -0.15) is 0 Å². The van der Waals surface area contributed by atoms with Gasteiger partial charge in [-0.25, -0.2) is 0 Å². The predicted molar refractivity (Wildman–Crippen MR) is 140 cm³/mol. The highest BCUT2D eigenvalue weighted by atomic mass is 32.1. The SMILES string of the molecule is c1ccc(-c2ccc(N3c4cccc(c4)Oc4cccc5sc6cccc3c6c45)cc2)cc1. The fraction of sp³-hybridized carbons (Fsp3) is 0. The first-order valence-electron chi connectivity index (χ1n) is 11.0. The molecule has 6 aromatic rings. The first kappa shape index (κ1) is 18.5. The van der Waals surface area contributed by atoms with E-state index in [-0.39, 0.29) is 0 Å². The molecule has 0 saturated heterocycles. The van der Waals surface area contributed by atoms with E-state index in [2.05, 4.69) is 114 Å². The Morgan fingerprint density at radius 3 is 2.12 bits per heavy atom. The minimum Gasteiger partial charge on any atom is -0.457 e. The monoisotopic (exact) mass is 441 g/mol. The van der Waals surface area contributed by atoms with Crippen LogP contribution in [0.25, 0.3) is 31.3 Å². The topological polar surface area (TPSA) is 12.5 Å². The summed E-state index contributed by atoms with van der Waals surface area (Å²) in [5.74, 6) is 1.75. The summed E-state index contributed by atoms with van der Waals surface area (Å²) in [6, 6.07) is 40.6. The second-order valence-electron chi connectivity index (χ2n) is 8.23. The second-order valence-corrected chi connectivity index (χ2v) is 9.31. The van der Waals surface area contributed by atoms with Gasteiger partial charge in [0, 0.05) is 37.6 Å². The summed E-state index contributed by atoms with van der Waals surface area (Å²) >= 11 is 1.82. The van der Waals surface area contributed by atoms with Crippen LogP contribution in [0, 0.1) is 0 Å². The highest BCUT2D eigenvalue weighted by Gasteiger charge is 2.22. The van der Waals surface area contributed by atoms with Crippen molar-refractivity contribution in [1.82, 2.24) is 0 Å². The minimum atomic E-state index is 0.845. The Morgan fingerprint density at radius 1 is 0.545 bits per heavy atom. The molecule has 5 aromatic carbocycles. The number of hydrogen-bond acceptors (Lipinski definition) is 3. The molecule has 0 unspecified atom stereocenters. The Balaban J connectivity index is 1.51. The first-order valence-corrected chi connectivity index (χ1v) is 11.8.